The number of rotatable bonds is 10. The molecule has 0 fully saturated rings. The molecule has 4 aromatic carbocycles. The number of carboxylic acids is 1. The van der Waals surface area contributed by atoms with Gasteiger partial charge in [-0.2, -0.15) is 8.42 Å². The Labute approximate surface area is 266 Å². The molecule has 0 saturated carbocycles. The van der Waals surface area contributed by atoms with Gasteiger partial charge in [-0.05, 0) is 65.4 Å². The van der Waals surface area contributed by atoms with Gasteiger partial charge < -0.3 is 19.3 Å². The second-order valence-corrected chi connectivity index (χ2v) is 13.3. The molecule has 11 nitrogen and oxygen atoms in total. The van der Waals surface area contributed by atoms with E-state index in [4.69, 9.17) is 8.92 Å². The average molecular weight is 645 g/mol. The fraction of sp³-hybridized carbons (Fsp3) is 0.235. The maximum atomic E-state index is 13.3. The van der Waals surface area contributed by atoms with Crippen LogP contribution in [0.1, 0.15) is 47.6 Å². The number of ether oxygens (including phenoxy) is 1. The summed E-state index contributed by atoms with van der Waals surface area (Å²) in [6.07, 6.45) is -0.951. The fourth-order valence-corrected chi connectivity index (χ4v) is 7.11. The van der Waals surface area contributed by atoms with Crippen molar-refractivity contribution < 1.29 is 37.0 Å². The predicted octanol–water partition coefficient (Wildman–Crippen LogP) is 6.25. The SMILES string of the molecule is Cc1cc(C)c(C(C)(C)C(NC(=O)OCC2c3ccccc3-c3ccccc32)C(=O)O)c(OS(=O)(=O)c2ccc([N+](=O)[O-])cc2)c1. The third-order valence-electron chi connectivity index (χ3n) is 8.20. The number of non-ortho nitro benzene ring substituents is 1. The van der Waals surface area contributed by atoms with Crippen molar-refractivity contribution in [3.05, 3.63) is 123 Å². The van der Waals surface area contributed by atoms with E-state index in [2.05, 4.69) is 5.32 Å². The summed E-state index contributed by atoms with van der Waals surface area (Å²) in [4.78, 5) is 35.8. The number of fused-ring (bicyclic) bond motifs is 3. The van der Waals surface area contributed by atoms with Gasteiger partial charge in [0.2, 0.25) is 0 Å². The molecule has 5 rings (SSSR count). The van der Waals surface area contributed by atoms with Crippen LogP contribution in [0.4, 0.5) is 10.5 Å². The molecule has 2 N–H and O–H groups in total. The second kappa shape index (κ2) is 12.3. The van der Waals surface area contributed by atoms with E-state index in [9.17, 15) is 33.2 Å². The molecule has 1 amide bonds. The molecule has 12 heteroatoms. The molecule has 0 saturated heterocycles. The van der Waals surface area contributed by atoms with Crippen LogP contribution in [-0.4, -0.2) is 43.2 Å². The quantitative estimate of drug-likeness (QED) is 0.115. The Balaban J connectivity index is 1.40. The van der Waals surface area contributed by atoms with Gasteiger partial charge in [-0.3, -0.25) is 10.1 Å². The summed E-state index contributed by atoms with van der Waals surface area (Å²) in [5.74, 6) is -1.75. The number of nitro benzene ring substituents is 1. The monoisotopic (exact) mass is 644 g/mol. The molecular weight excluding hydrogens is 612 g/mol. The molecule has 0 bridgehead atoms. The van der Waals surface area contributed by atoms with Gasteiger partial charge in [0.05, 0.1) is 4.92 Å². The van der Waals surface area contributed by atoms with Crippen LogP contribution in [0.5, 0.6) is 5.75 Å². The number of carboxylic acid groups (broad SMARTS) is 1. The van der Waals surface area contributed by atoms with Gasteiger partial charge >= 0.3 is 22.2 Å². The van der Waals surface area contributed by atoms with Crippen molar-refractivity contribution in [2.24, 2.45) is 0 Å². The minimum atomic E-state index is -4.49. The van der Waals surface area contributed by atoms with Gasteiger partial charge in [-0.25, -0.2) is 9.59 Å². The van der Waals surface area contributed by atoms with E-state index >= 15 is 0 Å². The molecule has 1 atom stereocenters. The smallest absolute Gasteiger partial charge is 0.407 e. The summed E-state index contributed by atoms with van der Waals surface area (Å²) < 4.78 is 37.7. The molecule has 0 aliphatic heterocycles. The Bertz CT molecular complexity index is 1910. The van der Waals surface area contributed by atoms with Crippen molar-refractivity contribution in [1.29, 1.82) is 0 Å². The van der Waals surface area contributed by atoms with Crippen LogP contribution in [0.3, 0.4) is 0 Å². The zero-order valence-electron chi connectivity index (χ0n) is 25.5. The van der Waals surface area contributed by atoms with Gasteiger partial charge in [0.15, 0.2) is 0 Å². The Kier molecular flexibility index (Phi) is 8.59. The molecular formula is C34H32N2O9S. The van der Waals surface area contributed by atoms with Crippen molar-refractivity contribution in [2.45, 2.75) is 50.0 Å². The summed E-state index contributed by atoms with van der Waals surface area (Å²) in [6.45, 7) is 6.48. The van der Waals surface area contributed by atoms with Crippen molar-refractivity contribution in [3.63, 3.8) is 0 Å². The van der Waals surface area contributed by atoms with E-state index in [-0.39, 0.29) is 34.4 Å². The first-order valence-electron chi connectivity index (χ1n) is 14.4. The van der Waals surface area contributed by atoms with Crippen molar-refractivity contribution in [2.75, 3.05) is 6.61 Å². The molecule has 1 aliphatic rings. The zero-order chi connectivity index (χ0) is 33.4. The predicted molar refractivity (Wildman–Crippen MR) is 169 cm³/mol. The van der Waals surface area contributed by atoms with Crippen LogP contribution >= 0.6 is 0 Å². The maximum absolute atomic E-state index is 13.3. The third-order valence-corrected chi connectivity index (χ3v) is 9.45. The van der Waals surface area contributed by atoms with Gasteiger partial charge in [-0.1, -0.05) is 68.4 Å². The highest BCUT2D eigenvalue weighted by Gasteiger charge is 2.42. The number of alkyl carbamates (subject to hydrolysis) is 1. The van der Waals surface area contributed by atoms with Gasteiger partial charge in [0, 0.05) is 29.0 Å². The van der Waals surface area contributed by atoms with Crippen LogP contribution < -0.4 is 9.50 Å². The summed E-state index contributed by atoms with van der Waals surface area (Å²) in [5, 5.41) is 23.8. The lowest BCUT2D eigenvalue weighted by molar-refractivity contribution is -0.384. The summed E-state index contributed by atoms with van der Waals surface area (Å²) in [6, 6.07) is 21.5. The summed E-state index contributed by atoms with van der Waals surface area (Å²) in [5.41, 5.74) is 3.77. The van der Waals surface area contributed by atoms with Crippen LogP contribution in [0.15, 0.2) is 89.8 Å². The van der Waals surface area contributed by atoms with Crippen molar-refractivity contribution >= 4 is 27.9 Å². The number of hydrogen-bond acceptors (Lipinski definition) is 8. The molecule has 1 unspecified atom stereocenters. The zero-order valence-corrected chi connectivity index (χ0v) is 26.3. The van der Waals surface area contributed by atoms with E-state index < -0.39 is 38.6 Å². The van der Waals surface area contributed by atoms with Crippen molar-refractivity contribution in [3.8, 4) is 16.9 Å². The van der Waals surface area contributed by atoms with E-state index in [0.717, 1.165) is 46.5 Å². The molecule has 0 heterocycles. The Morgan fingerprint density at radius 1 is 0.957 bits per heavy atom. The number of aliphatic carboxylic acids is 1. The number of nitrogens with one attached hydrogen (secondary N) is 1. The second-order valence-electron chi connectivity index (χ2n) is 11.7. The Morgan fingerprint density at radius 3 is 2.07 bits per heavy atom. The Hall–Kier alpha value is -5.23. The molecule has 46 heavy (non-hydrogen) atoms. The number of nitrogens with zero attached hydrogens (tertiary/aromatic N) is 1. The largest absolute Gasteiger partial charge is 0.480 e. The molecule has 0 aromatic heterocycles. The lowest BCUT2D eigenvalue weighted by Gasteiger charge is -2.34. The topological polar surface area (TPSA) is 162 Å². The molecule has 0 radical (unpaired) electrons. The average Bonchev–Trinajstić information content (AvgIpc) is 3.31. The number of carbonyl (C=O) groups is 2. The molecule has 0 spiro atoms. The van der Waals surface area contributed by atoms with E-state index in [0.29, 0.717) is 11.1 Å². The number of amides is 1. The first-order chi connectivity index (χ1) is 21.7. The molecule has 4 aromatic rings. The minimum Gasteiger partial charge on any atom is -0.480 e. The Morgan fingerprint density at radius 2 is 1.52 bits per heavy atom. The summed E-state index contributed by atoms with van der Waals surface area (Å²) in [7, 11) is -4.49. The third kappa shape index (κ3) is 6.16. The van der Waals surface area contributed by atoms with Gasteiger partial charge in [-0.15, -0.1) is 0 Å². The van der Waals surface area contributed by atoms with Gasteiger partial charge in [0.25, 0.3) is 5.69 Å². The van der Waals surface area contributed by atoms with Crippen LogP contribution in [0, 0.1) is 24.0 Å². The van der Waals surface area contributed by atoms with Crippen LogP contribution in [0.2, 0.25) is 0 Å². The lowest BCUT2D eigenvalue weighted by Crippen LogP contribution is -2.53. The summed E-state index contributed by atoms with van der Waals surface area (Å²) >= 11 is 0. The number of aryl methyl sites for hydroxylation is 2. The van der Waals surface area contributed by atoms with Gasteiger partial charge in [0.1, 0.15) is 23.3 Å². The van der Waals surface area contributed by atoms with E-state index in [1.807, 2.05) is 48.5 Å². The highest BCUT2D eigenvalue weighted by molar-refractivity contribution is 7.87. The number of benzene rings is 4. The first-order valence-corrected chi connectivity index (χ1v) is 15.8. The normalized spacial score (nSPS) is 13.3. The fourth-order valence-electron chi connectivity index (χ4n) is 6.17. The maximum Gasteiger partial charge on any atom is 0.407 e. The highest BCUT2D eigenvalue weighted by Crippen LogP contribution is 2.45. The number of carbonyl (C=O) groups excluding carboxylic acids is 1. The molecule has 1 aliphatic carbocycles. The van der Waals surface area contributed by atoms with E-state index in [1.54, 1.807) is 33.8 Å². The van der Waals surface area contributed by atoms with Crippen molar-refractivity contribution in [1.82, 2.24) is 5.32 Å². The highest BCUT2D eigenvalue weighted by atomic mass is 32.2. The molecule has 238 valence electrons. The standard InChI is InChI=1S/C34H32N2O9S/c1-20-17-21(2)30(29(18-20)45-46(42,43)23-15-13-22(14-16-23)36(40)41)34(3,4)31(32(37)38)35-33(39)44-19-28-26-11-7-5-9-24(26)25-10-6-8-12-27(25)28/h5-18,28,31H,19H2,1-4H3,(H,35,39)(H,37,38). The van der Waals surface area contributed by atoms with E-state index in [1.165, 1.54) is 6.07 Å². The lowest BCUT2D eigenvalue weighted by atomic mass is 9.75. The first kappa shape index (κ1) is 32.2. The number of hydrogen-bond donors (Lipinski definition) is 2. The minimum absolute atomic E-state index is 0.0297. The van der Waals surface area contributed by atoms with Crippen LogP contribution in [0.25, 0.3) is 11.1 Å². The number of nitro groups is 1. The van der Waals surface area contributed by atoms with Crippen LogP contribution in [-0.2, 0) is 25.1 Å².